The van der Waals surface area contributed by atoms with E-state index in [4.69, 9.17) is 40.2 Å². The first-order valence-electron chi connectivity index (χ1n) is 7.94. The van der Waals surface area contributed by atoms with Crippen molar-refractivity contribution in [3.8, 4) is 5.75 Å². The molecule has 0 unspecified atom stereocenters. The van der Waals surface area contributed by atoms with Crippen molar-refractivity contribution in [2.75, 3.05) is 0 Å². The largest absolute Gasteiger partial charge is 0.489 e. The van der Waals surface area contributed by atoms with Gasteiger partial charge in [-0.15, -0.1) is 0 Å². The first-order chi connectivity index (χ1) is 12.6. The molecule has 1 heterocycles. The van der Waals surface area contributed by atoms with Crippen molar-refractivity contribution in [3.05, 3.63) is 74.2 Å². The molecule has 2 aromatic carbocycles. The summed E-state index contributed by atoms with van der Waals surface area (Å²) in [5.74, 6) is 1.52. The zero-order chi connectivity index (χ0) is 18.5. The number of benzene rings is 2. The van der Waals surface area contributed by atoms with Gasteiger partial charge in [-0.25, -0.2) is 0 Å². The van der Waals surface area contributed by atoms with E-state index in [0.29, 0.717) is 21.4 Å². The number of aromatic nitrogens is 3. The molecule has 1 aromatic heterocycles. The van der Waals surface area contributed by atoms with Gasteiger partial charge in [0, 0.05) is 22.0 Å². The van der Waals surface area contributed by atoms with Gasteiger partial charge in [-0.05, 0) is 54.2 Å². The van der Waals surface area contributed by atoms with Crippen molar-refractivity contribution in [3.63, 3.8) is 0 Å². The van der Waals surface area contributed by atoms with Crippen molar-refractivity contribution < 1.29 is 4.74 Å². The van der Waals surface area contributed by atoms with E-state index in [9.17, 15) is 0 Å². The maximum absolute atomic E-state index is 6.15. The average Bonchev–Trinajstić information content (AvgIpc) is 3.00. The Morgan fingerprint density at radius 2 is 2.00 bits per heavy atom. The second-order valence-corrected chi connectivity index (χ2v) is 6.68. The quantitative estimate of drug-likeness (QED) is 0.447. The number of aryl methyl sites for hydroxylation is 1. The fourth-order valence-electron chi connectivity index (χ4n) is 2.25. The summed E-state index contributed by atoms with van der Waals surface area (Å²) in [6.07, 6.45) is 2.47. The van der Waals surface area contributed by atoms with Crippen LogP contribution in [0, 0.1) is 4.77 Å². The van der Waals surface area contributed by atoms with Crippen LogP contribution in [0.4, 0.5) is 0 Å². The number of H-pyrrole nitrogens is 1. The highest BCUT2D eigenvalue weighted by atomic mass is 35.5. The molecular weight excluding hydrogens is 391 g/mol. The van der Waals surface area contributed by atoms with Crippen LogP contribution in [0.15, 0.2) is 47.6 Å². The van der Waals surface area contributed by atoms with Crippen molar-refractivity contribution in [1.82, 2.24) is 14.9 Å². The summed E-state index contributed by atoms with van der Waals surface area (Å²) in [5, 5.41) is 12.4. The first kappa shape index (κ1) is 18.6. The van der Waals surface area contributed by atoms with Crippen molar-refractivity contribution in [2.24, 2.45) is 5.10 Å². The number of rotatable bonds is 6. The molecule has 3 rings (SSSR count). The van der Waals surface area contributed by atoms with Crippen LogP contribution in [0.3, 0.4) is 0 Å². The second-order valence-electron chi connectivity index (χ2n) is 5.45. The van der Waals surface area contributed by atoms with Gasteiger partial charge in [-0.1, -0.05) is 36.2 Å². The van der Waals surface area contributed by atoms with Crippen LogP contribution < -0.4 is 4.74 Å². The lowest BCUT2D eigenvalue weighted by molar-refractivity contribution is 0.306. The summed E-state index contributed by atoms with van der Waals surface area (Å²) in [7, 11) is 0. The molecule has 0 fully saturated rings. The number of aromatic amines is 1. The fourth-order valence-corrected chi connectivity index (χ4v) is 2.91. The van der Waals surface area contributed by atoms with Crippen molar-refractivity contribution in [2.45, 2.75) is 20.0 Å². The molecule has 0 aliphatic carbocycles. The molecule has 0 radical (unpaired) electrons. The van der Waals surface area contributed by atoms with Crippen LogP contribution in [0.5, 0.6) is 5.75 Å². The minimum atomic E-state index is 0.369. The zero-order valence-electron chi connectivity index (χ0n) is 13.9. The Labute approximate surface area is 166 Å². The molecule has 0 spiro atoms. The van der Waals surface area contributed by atoms with E-state index in [0.717, 1.165) is 29.1 Å². The van der Waals surface area contributed by atoms with Gasteiger partial charge >= 0.3 is 0 Å². The minimum absolute atomic E-state index is 0.369. The molecule has 0 aliphatic rings. The molecule has 0 saturated carbocycles. The van der Waals surface area contributed by atoms with Gasteiger partial charge in [0.15, 0.2) is 5.82 Å². The predicted octanol–water partition coefficient (Wildman–Crippen LogP) is 5.27. The monoisotopic (exact) mass is 406 g/mol. The summed E-state index contributed by atoms with van der Waals surface area (Å²) in [4.78, 5) is 0. The van der Waals surface area contributed by atoms with Crippen molar-refractivity contribution in [1.29, 1.82) is 0 Å². The fraction of sp³-hybridized carbons (Fsp3) is 0.167. The number of nitrogens with zero attached hydrogens (tertiary/aromatic N) is 3. The lowest BCUT2D eigenvalue weighted by Gasteiger charge is -2.08. The highest BCUT2D eigenvalue weighted by Gasteiger charge is 2.03. The predicted molar refractivity (Wildman–Crippen MR) is 107 cm³/mol. The smallest absolute Gasteiger partial charge is 0.216 e. The van der Waals surface area contributed by atoms with Gasteiger partial charge in [0.05, 0.1) is 6.21 Å². The molecule has 0 atom stereocenters. The first-order valence-corrected chi connectivity index (χ1v) is 9.10. The Bertz CT molecular complexity index is 980. The Kier molecular flexibility index (Phi) is 6.08. The summed E-state index contributed by atoms with van der Waals surface area (Å²) in [6, 6.07) is 12.9. The van der Waals surface area contributed by atoms with Crippen LogP contribution in [-0.4, -0.2) is 21.1 Å². The molecule has 8 heteroatoms. The Balaban J connectivity index is 1.66. The van der Waals surface area contributed by atoms with E-state index in [1.165, 1.54) is 0 Å². The SMILES string of the molecule is CCc1n[nH]c(=S)n1/N=C\c1ccc(OCc2ccc(Cl)cc2Cl)cc1. The van der Waals surface area contributed by atoms with Gasteiger partial charge in [-0.2, -0.15) is 14.9 Å². The average molecular weight is 407 g/mol. The molecule has 0 aliphatic heterocycles. The third kappa shape index (κ3) is 4.52. The van der Waals surface area contributed by atoms with E-state index in [2.05, 4.69) is 15.3 Å². The summed E-state index contributed by atoms with van der Waals surface area (Å²) >= 11 is 17.2. The van der Waals surface area contributed by atoms with Crippen LogP contribution in [0.2, 0.25) is 10.0 Å². The van der Waals surface area contributed by atoms with Gasteiger partial charge in [-0.3, -0.25) is 5.10 Å². The standard InChI is InChI=1S/C18H16Cl2N4OS/c1-2-17-22-23-18(26)24(17)21-10-12-3-7-15(8-4-12)25-11-13-5-6-14(19)9-16(13)20/h3-10H,2,11H2,1H3,(H,23,26)/b21-10-. The van der Waals surface area contributed by atoms with E-state index in [1.807, 2.05) is 37.3 Å². The topological polar surface area (TPSA) is 55.2 Å². The summed E-state index contributed by atoms with van der Waals surface area (Å²) in [5.41, 5.74) is 1.80. The summed E-state index contributed by atoms with van der Waals surface area (Å²) < 4.78 is 7.85. The molecule has 3 aromatic rings. The highest BCUT2D eigenvalue weighted by molar-refractivity contribution is 7.71. The van der Waals surface area contributed by atoms with Crippen LogP contribution in [0.25, 0.3) is 0 Å². The molecule has 26 heavy (non-hydrogen) atoms. The van der Waals surface area contributed by atoms with E-state index >= 15 is 0 Å². The third-order valence-electron chi connectivity index (χ3n) is 3.65. The van der Waals surface area contributed by atoms with E-state index < -0.39 is 0 Å². The number of halogens is 2. The van der Waals surface area contributed by atoms with Crippen LogP contribution in [-0.2, 0) is 13.0 Å². The lowest BCUT2D eigenvalue weighted by atomic mass is 10.2. The Morgan fingerprint density at radius 1 is 1.23 bits per heavy atom. The molecule has 5 nitrogen and oxygen atoms in total. The molecule has 134 valence electrons. The third-order valence-corrected chi connectivity index (χ3v) is 4.50. The Hall–Kier alpha value is -2.15. The van der Waals surface area contributed by atoms with Gasteiger partial charge in [0.1, 0.15) is 12.4 Å². The molecule has 0 amide bonds. The maximum Gasteiger partial charge on any atom is 0.216 e. The summed E-state index contributed by atoms with van der Waals surface area (Å²) in [6.45, 7) is 2.36. The number of ether oxygens (including phenoxy) is 1. The zero-order valence-corrected chi connectivity index (χ0v) is 16.3. The number of nitrogens with one attached hydrogen (secondary N) is 1. The highest BCUT2D eigenvalue weighted by Crippen LogP contribution is 2.22. The Morgan fingerprint density at radius 3 is 2.69 bits per heavy atom. The van der Waals surface area contributed by atoms with Gasteiger partial charge in [0.25, 0.3) is 0 Å². The van der Waals surface area contributed by atoms with Gasteiger partial charge < -0.3 is 4.74 Å². The lowest BCUT2D eigenvalue weighted by Crippen LogP contribution is -1.98. The molecule has 0 bridgehead atoms. The van der Waals surface area contributed by atoms with Crippen LogP contribution in [0.1, 0.15) is 23.9 Å². The van der Waals surface area contributed by atoms with Crippen molar-refractivity contribution >= 4 is 41.6 Å². The second kappa shape index (κ2) is 8.49. The molecule has 0 saturated heterocycles. The minimum Gasteiger partial charge on any atom is -0.489 e. The van der Waals surface area contributed by atoms with Crippen LogP contribution >= 0.6 is 35.4 Å². The number of hydrogen-bond acceptors (Lipinski definition) is 4. The molecule has 1 N–H and O–H groups in total. The normalized spacial score (nSPS) is 11.2. The molecular formula is C18H16Cl2N4OS. The number of hydrogen-bond donors (Lipinski definition) is 1. The van der Waals surface area contributed by atoms with E-state index in [1.54, 1.807) is 23.0 Å². The van der Waals surface area contributed by atoms with E-state index in [-0.39, 0.29) is 0 Å². The van der Waals surface area contributed by atoms with Gasteiger partial charge in [0.2, 0.25) is 4.77 Å². The maximum atomic E-state index is 6.15.